The average Bonchev–Trinajstić information content (AvgIpc) is 2.82. The average molecular weight is 553 g/mol. The molecule has 10 heteroatoms. The van der Waals surface area contributed by atoms with E-state index < -0.39 is 20.5 Å². The fraction of sp³-hybridized carbons (Fsp3) is 0.963. The number of nitrogens with one attached hydrogen (secondary N) is 2. The Morgan fingerprint density at radius 1 is 0.784 bits per heavy atom. The molecule has 37 heavy (non-hydrogen) atoms. The summed E-state index contributed by atoms with van der Waals surface area (Å²) in [6, 6.07) is -0.369. The molecular weight excluding hydrogens is 493 g/mol. The van der Waals surface area contributed by atoms with Crippen LogP contribution in [0.5, 0.6) is 0 Å². The zero-order valence-electron chi connectivity index (χ0n) is 24.3. The van der Waals surface area contributed by atoms with Gasteiger partial charge in [0.25, 0.3) is 0 Å². The van der Waals surface area contributed by atoms with E-state index in [2.05, 4.69) is 17.6 Å². The number of urea groups is 1. The largest absolute Gasteiger partial charge is 0.472 e. The highest BCUT2D eigenvalue weighted by atomic mass is 31.2. The van der Waals surface area contributed by atoms with E-state index in [1.54, 1.807) is 0 Å². The molecule has 0 saturated heterocycles. The summed E-state index contributed by atoms with van der Waals surface area (Å²) in [5.74, 6) is 0. The first-order valence-electron chi connectivity index (χ1n) is 14.7. The van der Waals surface area contributed by atoms with Crippen LogP contribution < -0.4 is 10.6 Å². The van der Waals surface area contributed by atoms with Gasteiger partial charge >= 0.3 is 13.9 Å². The third kappa shape index (κ3) is 28.1. The van der Waals surface area contributed by atoms with Crippen molar-refractivity contribution in [3.05, 3.63) is 0 Å². The number of unbranched alkanes of at least 4 members (excludes halogenated alkanes) is 15. The second-order valence-electron chi connectivity index (χ2n) is 11.2. The molecule has 2 amide bonds. The number of amides is 2. The summed E-state index contributed by atoms with van der Waals surface area (Å²) in [7, 11) is 1.59. The number of nitrogens with zero attached hydrogens (tertiary/aromatic N) is 1. The lowest BCUT2D eigenvalue weighted by atomic mass is 10.0. The molecule has 1 unspecified atom stereocenters. The van der Waals surface area contributed by atoms with Crippen LogP contribution >= 0.6 is 7.82 Å². The van der Waals surface area contributed by atoms with Crippen molar-refractivity contribution < 1.29 is 32.9 Å². The number of rotatable bonds is 26. The molecule has 0 heterocycles. The lowest BCUT2D eigenvalue weighted by molar-refractivity contribution is -0.870. The first-order chi connectivity index (χ1) is 17.6. The van der Waals surface area contributed by atoms with E-state index in [1.807, 2.05) is 21.1 Å². The molecule has 0 fully saturated rings. The number of aliphatic hydroxyl groups is 1. The minimum absolute atomic E-state index is 0.0629. The standard InChI is InChI=1S/C27H58N3O6P/c1-5-6-7-8-9-10-11-12-13-14-15-16-17-18-19-20-21-28-27(32)29-24-26(31)25-36-37(33,34)35-23-22-30(2,3)4/h26,31H,5-25H2,1-4H3,(H2-,28,29,32,33,34)/p+1/t26-/m1/s1. The number of carbonyl (C=O) groups is 1. The maximum absolute atomic E-state index is 11.8. The Balaban J connectivity index is 3.48. The van der Waals surface area contributed by atoms with Gasteiger partial charge in [-0.15, -0.1) is 0 Å². The molecule has 0 radical (unpaired) electrons. The zero-order chi connectivity index (χ0) is 27.8. The third-order valence-corrected chi connectivity index (χ3v) is 7.24. The van der Waals surface area contributed by atoms with Gasteiger partial charge in [-0.25, -0.2) is 9.36 Å². The summed E-state index contributed by atoms with van der Waals surface area (Å²) < 4.78 is 22.1. The highest BCUT2D eigenvalue weighted by Gasteiger charge is 2.24. The third-order valence-electron chi connectivity index (χ3n) is 6.26. The quantitative estimate of drug-likeness (QED) is 0.0617. The minimum Gasteiger partial charge on any atom is -0.389 e. The lowest BCUT2D eigenvalue weighted by Gasteiger charge is -2.24. The molecule has 0 aliphatic heterocycles. The number of likely N-dealkylation sites (N-methyl/N-ethyl adjacent to an activating group) is 1. The number of phosphoric ester groups is 1. The van der Waals surface area contributed by atoms with E-state index in [1.165, 1.54) is 89.9 Å². The van der Waals surface area contributed by atoms with Crippen LogP contribution in [0.3, 0.4) is 0 Å². The molecule has 0 spiro atoms. The molecular formula is C27H59N3O6P+. The minimum atomic E-state index is -4.23. The first kappa shape index (κ1) is 36.3. The van der Waals surface area contributed by atoms with Crippen LogP contribution in [0.4, 0.5) is 4.79 Å². The van der Waals surface area contributed by atoms with Gasteiger partial charge in [-0.05, 0) is 6.42 Å². The predicted molar refractivity (Wildman–Crippen MR) is 152 cm³/mol. The highest BCUT2D eigenvalue weighted by Crippen LogP contribution is 2.43. The summed E-state index contributed by atoms with van der Waals surface area (Å²) in [5, 5.41) is 15.2. The topological polar surface area (TPSA) is 117 Å². The predicted octanol–water partition coefficient (Wildman–Crippen LogP) is 5.75. The van der Waals surface area contributed by atoms with Crippen molar-refractivity contribution in [2.45, 2.75) is 116 Å². The van der Waals surface area contributed by atoms with Crippen LogP contribution in [0.25, 0.3) is 0 Å². The Morgan fingerprint density at radius 3 is 1.70 bits per heavy atom. The Morgan fingerprint density at radius 2 is 1.24 bits per heavy atom. The summed E-state index contributed by atoms with van der Waals surface area (Å²) in [5.41, 5.74) is 0. The van der Waals surface area contributed by atoms with Crippen molar-refractivity contribution in [3.8, 4) is 0 Å². The molecule has 0 aliphatic rings. The van der Waals surface area contributed by atoms with Gasteiger partial charge in [-0.2, -0.15) is 0 Å². The SMILES string of the molecule is CCCCCCCCCCCCCCCCCCNC(=O)NC[C@@H](O)COP(=O)(O)OCC[N+](C)(C)C. The van der Waals surface area contributed by atoms with Crippen LogP contribution in [0.1, 0.15) is 110 Å². The van der Waals surface area contributed by atoms with Crippen molar-refractivity contribution in [2.75, 3.05) is 54.0 Å². The Labute approximate surface area is 227 Å². The number of carbonyl (C=O) groups excluding carboxylic acids is 1. The molecule has 222 valence electrons. The molecule has 2 atom stereocenters. The Hall–Kier alpha value is -0.700. The van der Waals surface area contributed by atoms with Gasteiger partial charge in [0, 0.05) is 13.1 Å². The summed E-state index contributed by atoms with van der Waals surface area (Å²) in [6.45, 7) is 2.97. The maximum Gasteiger partial charge on any atom is 0.472 e. The van der Waals surface area contributed by atoms with Crippen molar-refractivity contribution >= 4 is 13.9 Å². The van der Waals surface area contributed by atoms with E-state index >= 15 is 0 Å². The van der Waals surface area contributed by atoms with Gasteiger partial charge < -0.3 is 25.1 Å². The number of aliphatic hydroxyl groups excluding tert-OH is 1. The van der Waals surface area contributed by atoms with E-state index in [9.17, 15) is 19.4 Å². The van der Waals surface area contributed by atoms with Crippen molar-refractivity contribution in [1.82, 2.24) is 10.6 Å². The van der Waals surface area contributed by atoms with Crippen LogP contribution in [0, 0.1) is 0 Å². The fourth-order valence-corrected chi connectivity index (χ4v) is 4.60. The van der Waals surface area contributed by atoms with Crippen LogP contribution in [-0.4, -0.2) is 80.6 Å². The van der Waals surface area contributed by atoms with Crippen LogP contribution in [-0.2, 0) is 13.6 Å². The fourth-order valence-electron chi connectivity index (χ4n) is 3.85. The summed E-state index contributed by atoms with van der Waals surface area (Å²) >= 11 is 0. The van der Waals surface area contributed by atoms with Crippen molar-refractivity contribution in [3.63, 3.8) is 0 Å². The molecule has 0 rings (SSSR count). The van der Waals surface area contributed by atoms with Gasteiger partial charge in [-0.3, -0.25) is 9.05 Å². The van der Waals surface area contributed by atoms with Gasteiger partial charge in [0.15, 0.2) is 0 Å². The van der Waals surface area contributed by atoms with E-state index in [0.717, 1.165) is 12.8 Å². The lowest BCUT2D eigenvalue weighted by Crippen LogP contribution is -2.41. The van der Waals surface area contributed by atoms with Gasteiger partial charge in [-0.1, -0.05) is 103 Å². The number of hydrogen-bond donors (Lipinski definition) is 4. The summed E-state index contributed by atoms with van der Waals surface area (Å²) in [6.07, 6.45) is 19.9. The number of hydrogen-bond acceptors (Lipinski definition) is 5. The van der Waals surface area contributed by atoms with Crippen molar-refractivity contribution in [2.24, 2.45) is 0 Å². The van der Waals surface area contributed by atoms with Crippen LogP contribution in [0.2, 0.25) is 0 Å². The highest BCUT2D eigenvalue weighted by molar-refractivity contribution is 7.47. The normalized spacial score (nSPS) is 14.3. The van der Waals surface area contributed by atoms with Gasteiger partial charge in [0.2, 0.25) is 0 Å². The van der Waals surface area contributed by atoms with E-state index in [0.29, 0.717) is 17.6 Å². The molecule has 0 aromatic rings. The first-order valence-corrected chi connectivity index (χ1v) is 16.2. The zero-order valence-corrected chi connectivity index (χ0v) is 25.2. The maximum atomic E-state index is 11.8. The molecule has 0 saturated carbocycles. The molecule has 4 N–H and O–H groups in total. The monoisotopic (exact) mass is 552 g/mol. The van der Waals surface area contributed by atoms with E-state index in [-0.39, 0.29) is 19.2 Å². The second-order valence-corrected chi connectivity index (χ2v) is 12.7. The van der Waals surface area contributed by atoms with E-state index in [4.69, 9.17) is 9.05 Å². The van der Waals surface area contributed by atoms with Gasteiger partial charge in [0.05, 0.1) is 33.9 Å². The molecule has 0 aliphatic carbocycles. The Kier molecular flexibility index (Phi) is 22.8. The smallest absolute Gasteiger partial charge is 0.389 e. The summed E-state index contributed by atoms with van der Waals surface area (Å²) in [4.78, 5) is 21.5. The molecule has 0 aromatic carbocycles. The molecule has 0 bridgehead atoms. The van der Waals surface area contributed by atoms with Crippen molar-refractivity contribution in [1.29, 1.82) is 0 Å². The van der Waals surface area contributed by atoms with Gasteiger partial charge in [0.1, 0.15) is 13.2 Å². The second kappa shape index (κ2) is 23.2. The molecule has 9 nitrogen and oxygen atoms in total. The number of quaternary nitrogens is 1. The van der Waals surface area contributed by atoms with Crippen LogP contribution in [0.15, 0.2) is 0 Å². The molecule has 0 aromatic heterocycles. The Bertz CT molecular complexity index is 589. The number of phosphoric acid groups is 1.